The van der Waals surface area contributed by atoms with Gasteiger partial charge in [0.25, 0.3) is 5.91 Å². The molecule has 0 saturated carbocycles. The quantitative estimate of drug-likeness (QED) is 0.158. The highest BCUT2D eigenvalue weighted by Crippen LogP contribution is 2.32. The number of phenols is 1. The number of carbonyl (C=O) groups excluding carboxylic acids is 2. The second-order valence-electron chi connectivity index (χ2n) is 13.1. The lowest BCUT2D eigenvalue weighted by molar-refractivity contribution is 0.102. The van der Waals surface area contributed by atoms with E-state index in [9.17, 15) is 14.7 Å². The Morgan fingerprint density at radius 3 is 2.40 bits per heavy atom. The molecule has 6 nitrogen and oxygen atoms in total. The van der Waals surface area contributed by atoms with E-state index in [0.717, 1.165) is 45.0 Å². The van der Waals surface area contributed by atoms with Crippen molar-refractivity contribution in [2.24, 2.45) is 0 Å². The lowest BCUT2D eigenvalue weighted by Gasteiger charge is -2.29. The molecule has 52 heavy (non-hydrogen) atoms. The van der Waals surface area contributed by atoms with Gasteiger partial charge >= 0.3 is 0 Å². The van der Waals surface area contributed by atoms with Crippen molar-refractivity contribution in [3.63, 3.8) is 0 Å². The molecule has 3 aliphatic rings. The third kappa shape index (κ3) is 6.93. The minimum Gasteiger partial charge on any atom is -0.507 e. The van der Waals surface area contributed by atoms with Gasteiger partial charge in [-0.15, -0.1) is 0 Å². The average Bonchev–Trinajstić information content (AvgIpc) is 3.40. The highest BCUT2D eigenvalue weighted by molar-refractivity contribution is 6.38. The number of phenolic OH excluding ortho intramolecular Hbond substituents is 1. The minimum absolute atomic E-state index is 0.0418. The average molecular weight is 727 g/mol. The summed E-state index contributed by atoms with van der Waals surface area (Å²) in [6, 6.07) is 29.7. The Labute approximate surface area is 312 Å². The van der Waals surface area contributed by atoms with Crippen molar-refractivity contribution in [1.82, 2.24) is 4.90 Å². The van der Waals surface area contributed by atoms with Gasteiger partial charge in [-0.3, -0.25) is 14.5 Å². The van der Waals surface area contributed by atoms with Crippen LogP contribution < -0.4 is 21.1 Å². The lowest BCUT2D eigenvalue weighted by Crippen LogP contribution is -2.31. The summed E-state index contributed by atoms with van der Waals surface area (Å²) in [5.74, 6) is -0.200. The fraction of sp³-hybridized carbons (Fsp3) is 0.136. The van der Waals surface area contributed by atoms with Crippen molar-refractivity contribution in [2.45, 2.75) is 25.3 Å². The highest BCUT2D eigenvalue weighted by atomic mass is 35.5. The number of ketones is 1. The van der Waals surface area contributed by atoms with E-state index in [1.807, 2.05) is 62.8 Å². The van der Waals surface area contributed by atoms with Gasteiger partial charge in [0.05, 0.1) is 21.7 Å². The van der Waals surface area contributed by atoms with Crippen molar-refractivity contribution in [1.29, 1.82) is 0 Å². The maximum absolute atomic E-state index is 13.9. The maximum Gasteiger partial charge on any atom is 0.257 e. The first-order valence-electron chi connectivity index (χ1n) is 17.2. The van der Waals surface area contributed by atoms with Crippen LogP contribution in [-0.2, 0) is 6.42 Å². The van der Waals surface area contributed by atoms with Gasteiger partial charge in [-0.05, 0) is 114 Å². The first-order valence-corrected chi connectivity index (χ1v) is 17.9. The molecule has 1 unspecified atom stereocenters. The molecule has 8 heteroatoms. The maximum atomic E-state index is 13.9. The summed E-state index contributed by atoms with van der Waals surface area (Å²) in [7, 11) is 4.06. The number of benzene rings is 5. The van der Waals surface area contributed by atoms with E-state index >= 15 is 0 Å². The van der Waals surface area contributed by atoms with Crippen molar-refractivity contribution in [3.8, 4) is 5.75 Å². The van der Waals surface area contributed by atoms with E-state index in [-0.39, 0.29) is 28.5 Å². The molecule has 0 bridgehead atoms. The van der Waals surface area contributed by atoms with Gasteiger partial charge in [-0.2, -0.15) is 0 Å². The number of halogens is 2. The van der Waals surface area contributed by atoms with E-state index in [0.29, 0.717) is 28.3 Å². The number of Topliss-reactive ketones (excluding diaryl/α,β-unsaturated/α-hetero) is 1. The summed E-state index contributed by atoms with van der Waals surface area (Å²) in [6.45, 7) is 0. The summed E-state index contributed by atoms with van der Waals surface area (Å²) < 4.78 is 0. The molecular formula is C44H37Cl2N3O3. The molecule has 2 aliphatic carbocycles. The smallest absolute Gasteiger partial charge is 0.257 e. The normalized spacial score (nSPS) is 15.0. The van der Waals surface area contributed by atoms with Crippen molar-refractivity contribution in [2.75, 3.05) is 24.7 Å². The van der Waals surface area contributed by atoms with E-state index in [1.165, 1.54) is 16.7 Å². The number of nitrogens with one attached hydrogen (secondary N) is 2. The molecule has 0 spiro atoms. The zero-order valence-corrected chi connectivity index (χ0v) is 30.3. The van der Waals surface area contributed by atoms with Crippen LogP contribution in [0.1, 0.15) is 56.3 Å². The number of anilines is 2. The molecule has 0 fully saturated rings. The predicted octanol–water partition coefficient (Wildman–Crippen LogP) is 8.64. The summed E-state index contributed by atoms with van der Waals surface area (Å²) in [6.07, 6.45) is 12.5. The molecule has 5 aromatic rings. The van der Waals surface area contributed by atoms with Crippen molar-refractivity contribution in [3.05, 3.63) is 174 Å². The summed E-state index contributed by atoms with van der Waals surface area (Å²) in [4.78, 5) is 28.8. The van der Waals surface area contributed by atoms with Crippen LogP contribution in [0, 0.1) is 10.4 Å². The molecule has 8 rings (SSSR count). The van der Waals surface area contributed by atoms with Crippen LogP contribution in [0.3, 0.4) is 0 Å². The lowest BCUT2D eigenvalue weighted by atomic mass is 9.82. The number of carbonyl (C=O) groups is 2. The fourth-order valence-electron chi connectivity index (χ4n) is 7.12. The zero-order chi connectivity index (χ0) is 36.4. The van der Waals surface area contributed by atoms with E-state index < -0.39 is 0 Å². The zero-order valence-electron chi connectivity index (χ0n) is 28.8. The van der Waals surface area contributed by atoms with E-state index in [1.54, 1.807) is 48.5 Å². The largest absolute Gasteiger partial charge is 0.507 e. The molecule has 0 saturated heterocycles. The number of nitrogens with zero attached hydrogens (tertiary/aromatic N) is 1. The van der Waals surface area contributed by atoms with Gasteiger partial charge in [-0.1, -0.05) is 96.0 Å². The summed E-state index contributed by atoms with van der Waals surface area (Å²) in [5.41, 5.74) is 6.72. The van der Waals surface area contributed by atoms with Crippen LogP contribution in [0.25, 0.3) is 17.7 Å². The Morgan fingerprint density at radius 2 is 1.60 bits per heavy atom. The van der Waals surface area contributed by atoms with Crippen LogP contribution in [0.15, 0.2) is 115 Å². The highest BCUT2D eigenvalue weighted by Gasteiger charge is 2.26. The monoisotopic (exact) mass is 725 g/mol. The Hall–Kier alpha value is -5.40. The van der Waals surface area contributed by atoms with Crippen LogP contribution in [-0.4, -0.2) is 35.8 Å². The molecule has 1 amide bonds. The number of hydrogen-bond donors (Lipinski definition) is 3. The summed E-state index contributed by atoms with van der Waals surface area (Å²) in [5, 5.41) is 21.1. The second kappa shape index (κ2) is 15.1. The number of amides is 1. The molecule has 260 valence electrons. The number of hydrogen-bond acceptors (Lipinski definition) is 5. The standard InChI is InChI=1S/C34H28Cl2N2O3.C10H9N/c1-38(2)30-18-27-20(8-6-12-31(27)39)23-16-15-21-22(32(23)30)9-5-10-24(21)33(40)25-14-13-19(17-29(25)36)37-34(41)26-7-3-4-11-28(26)35;1-2-7-10-9(5-1)6-3-4-8-11-10/h3-4,6-8,11-18,30,39H,5,9-10H2,1-2H3,(H,37,41);1-8,11H. The topological polar surface area (TPSA) is 81.7 Å². The van der Waals surface area contributed by atoms with E-state index in [4.69, 9.17) is 23.2 Å². The van der Waals surface area contributed by atoms with Crippen molar-refractivity contribution < 1.29 is 14.7 Å². The number of aromatic hydroxyl groups is 1. The first kappa shape index (κ1) is 35.0. The molecule has 0 aromatic heterocycles. The molecule has 0 radical (unpaired) electrons. The molecule has 1 atom stereocenters. The Kier molecular flexibility index (Phi) is 10.1. The number of rotatable bonds is 5. The van der Waals surface area contributed by atoms with Gasteiger partial charge in [0, 0.05) is 33.9 Å². The first-order chi connectivity index (χ1) is 25.2. The van der Waals surface area contributed by atoms with E-state index in [2.05, 4.69) is 45.9 Å². The Morgan fingerprint density at radius 1 is 0.808 bits per heavy atom. The molecule has 1 heterocycles. The number of allylic oxidation sites excluding steroid dienone is 2. The third-order valence-electron chi connectivity index (χ3n) is 9.63. The predicted molar refractivity (Wildman–Crippen MR) is 212 cm³/mol. The SMILES string of the molecule is C1=CNc2ccccc2C=C1.CN(C)C1C=c2c(O)cccc2=c2ccc3c(c21)CCCC=3C(=O)c1ccc(NC(=O)c2ccccc2Cl)cc1Cl. The van der Waals surface area contributed by atoms with Crippen LogP contribution in [0.2, 0.25) is 10.0 Å². The van der Waals surface area contributed by atoms with Crippen LogP contribution in [0.5, 0.6) is 5.75 Å². The minimum atomic E-state index is -0.353. The van der Waals surface area contributed by atoms with Gasteiger partial charge in [0.1, 0.15) is 5.75 Å². The van der Waals surface area contributed by atoms with Gasteiger partial charge in [-0.25, -0.2) is 0 Å². The Bertz CT molecular complexity index is 2520. The fourth-order valence-corrected chi connectivity index (χ4v) is 7.61. The molecular weight excluding hydrogens is 689 g/mol. The van der Waals surface area contributed by atoms with Gasteiger partial charge in [0.2, 0.25) is 0 Å². The number of para-hydroxylation sites is 1. The Balaban J connectivity index is 0.000000324. The summed E-state index contributed by atoms with van der Waals surface area (Å²) >= 11 is 12.8. The van der Waals surface area contributed by atoms with Crippen LogP contribution >= 0.6 is 23.2 Å². The van der Waals surface area contributed by atoms with Gasteiger partial charge in [0.15, 0.2) is 5.78 Å². The molecule has 5 aromatic carbocycles. The van der Waals surface area contributed by atoms with Gasteiger partial charge < -0.3 is 15.7 Å². The van der Waals surface area contributed by atoms with Crippen molar-refractivity contribution >= 4 is 64.0 Å². The third-order valence-corrected chi connectivity index (χ3v) is 10.3. The molecule has 3 N–H and O–H groups in total. The number of fused-ring (bicyclic) bond motifs is 5. The molecule has 1 aliphatic heterocycles. The second-order valence-corrected chi connectivity index (χ2v) is 13.9. The van der Waals surface area contributed by atoms with Crippen LogP contribution in [0.4, 0.5) is 11.4 Å².